The summed E-state index contributed by atoms with van der Waals surface area (Å²) in [7, 11) is 0. The lowest BCUT2D eigenvalue weighted by molar-refractivity contribution is -0.138. The average Bonchev–Trinajstić information content (AvgIpc) is 3.18. The Labute approximate surface area is 191 Å². The van der Waals surface area contributed by atoms with Gasteiger partial charge < -0.3 is 15.1 Å². The van der Waals surface area contributed by atoms with E-state index in [1.165, 1.54) is 18.2 Å². The maximum atomic E-state index is 13.3. The first kappa shape index (κ1) is 22.3. The van der Waals surface area contributed by atoms with E-state index >= 15 is 0 Å². The number of amides is 3. The molecule has 1 atom stereocenters. The first-order chi connectivity index (χ1) is 15.3. The highest BCUT2D eigenvalue weighted by Gasteiger charge is 2.38. The summed E-state index contributed by atoms with van der Waals surface area (Å²) in [4.78, 5) is 41.5. The number of halogens is 2. The van der Waals surface area contributed by atoms with Gasteiger partial charge in [-0.3, -0.25) is 14.4 Å². The molecule has 0 radical (unpaired) electrons. The van der Waals surface area contributed by atoms with Crippen LogP contribution in [0, 0.1) is 24.6 Å². The number of hydrogen-bond acceptors (Lipinski definition) is 3. The van der Waals surface area contributed by atoms with Crippen molar-refractivity contribution in [3.8, 4) is 0 Å². The number of carbonyl (C=O) groups excluding carboxylic acids is 3. The number of carbonyl (C=O) groups is 3. The van der Waals surface area contributed by atoms with E-state index in [1.807, 2.05) is 31.2 Å². The lowest BCUT2D eigenvalue weighted by atomic mass is 9.94. The van der Waals surface area contributed by atoms with Crippen molar-refractivity contribution in [2.45, 2.75) is 26.2 Å². The van der Waals surface area contributed by atoms with Gasteiger partial charge in [-0.15, -0.1) is 0 Å². The molecule has 2 saturated heterocycles. The summed E-state index contributed by atoms with van der Waals surface area (Å²) < 4.78 is 13.3. The smallest absolute Gasteiger partial charge is 0.228 e. The third kappa shape index (κ3) is 4.78. The van der Waals surface area contributed by atoms with Crippen molar-refractivity contribution in [1.82, 2.24) is 4.90 Å². The maximum absolute atomic E-state index is 13.3. The van der Waals surface area contributed by atoms with Crippen molar-refractivity contribution in [3.05, 3.63) is 58.9 Å². The molecular weight excluding hydrogens is 433 g/mol. The molecule has 0 spiro atoms. The minimum Gasteiger partial charge on any atom is -0.342 e. The molecular formula is C24H25ClFN3O3. The molecule has 2 aromatic carbocycles. The van der Waals surface area contributed by atoms with Crippen LogP contribution in [0.3, 0.4) is 0 Å². The number of benzene rings is 2. The van der Waals surface area contributed by atoms with E-state index in [0.717, 1.165) is 11.3 Å². The highest BCUT2D eigenvalue weighted by Crippen LogP contribution is 2.29. The molecule has 2 aromatic rings. The molecule has 8 heteroatoms. The van der Waals surface area contributed by atoms with Crippen LogP contribution in [0.2, 0.25) is 5.02 Å². The van der Waals surface area contributed by atoms with Crippen LogP contribution in [0.15, 0.2) is 42.5 Å². The summed E-state index contributed by atoms with van der Waals surface area (Å²) in [5, 5.41) is 2.72. The largest absolute Gasteiger partial charge is 0.342 e. The summed E-state index contributed by atoms with van der Waals surface area (Å²) in [6.07, 6.45) is 1.28. The van der Waals surface area contributed by atoms with E-state index < -0.39 is 5.82 Å². The number of piperidine rings is 1. The molecule has 168 valence electrons. The van der Waals surface area contributed by atoms with Crippen LogP contribution in [0.5, 0.6) is 0 Å². The predicted octanol–water partition coefficient (Wildman–Crippen LogP) is 4.02. The van der Waals surface area contributed by atoms with E-state index in [-0.39, 0.29) is 41.0 Å². The Hall–Kier alpha value is -2.93. The zero-order chi connectivity index (χ0) is 22.8. The lowest BCUT2D eigenvalue weighted by Gasteiger charge is -2.33. The Morgan fingerprint density at radius 3 is 2.41 bits per heavy atom. The van der Waals surface area contributed by atoms with Gasteiger partial charge in [0, 0.05) is 43.3 Å². The second-order valence-corrected chi connectivity index (χ2v) is 8.87. The molecule has 3 amide bonds. The van der Waals surface area contributed by atoms with Crippen molar-refractivity contribution in [2.75, 3.05) is 29.9 Å². The van der Waals surface area contributed by atoms with Gasteiger partial charge in [-0.05, 0) is 50.1 Å². The van der Waals surface area contributed by atoms with Crippen LogP contribution >= 0.6 is 11.6 Å². The van der Waals surface area contributed by atoms with E-state index in [0.29, 0.717) is 38.2 Å². The number of rotatable bonds is 4. The number of nitrogens with one attached hydrogen (secondary N) is 1. The van der Waals surface area contributed by atoms with Crippen molar-refractivity contribution in [3.63, 3.8) is 0 Å². The molecule has 0 aliphatic carbocycles. The Bertz CT molecular complexity index is 1040. The van der Waals surface area contributed by atoms with Crippen molar-refractivity contribution >= 4 is 40.7 Å². The van der Waals surface area contributed by atoms with Gasteiger partial charge >= 0.3 is 0 Å². The van der Waals surface area contributed by atoms with Gasteiger partial charge in [0.05, 0.1) is 10.9 Å². The molecule has 2 fully saturated rings. The molecule has 4 rings (SSSR count). The van der Waals surface area contributed by atoms with Gasteiger partial charge in [0.1, 0.15) is 5.82 Å². The van der Waals surface area contributed by atoms with Crippen LogP contribution in [-0.2, 0) is 14.4 Å². The average molecular weight is 458 g/mol. The topological polar surface area (TPSA) is 69.7 Å². The Kier molecular flexibility index (Phi) is 6.46. The van der Waals surface area contributed by atoms with Gasteiger partial charge in [-0.2, -0.15) is 0 Å². The Morgan fingerprint density at radius 1 is 1.06 bits per heavy atom. The summed E-state index contributed by atoms with van der Waals surface area (Å²) in [5.74, 6) is -1.38. The second-order valence-electron chi connectivity index (χ2n) is 8.46. The predicted molar refractivity (Wildman–Crippen MR) is 121 cm³/mol. The van der Waals surface area contributed by atoms with Gasteiger partial charge in [0.15, 0.2) is 0 Å². The quantitative estimate of drug-likeness (QED) is 0.754. The molecule has 2 heterocycles. The zero-order valence-electron chi connectivity index (χ0n) is 17.8. The number of aryl methyl sites for hydroxylation is 1. The summed E-state index contributed by atoms with van der Waals surface area (Å²) in [5.41, 5.74) is 2.37. The highest BCUT2D eigenvalue weighted by atomic mass is 35.5. The van der Waals surface area contributed by atoms with E-state index in [2.05, 4.69) is 5.32 Å². The standard InChI is InChI=1S/C24H25ClFN3O3/c1-15-2-5-19(6-3-15)29-14-17(12-22(29)30)24(32)28-10-8-16(9-11-28)23(31)27-18-4-7-21(26)20(25)13-18/h2-7,13,16-17H,8-12,14H2,1H3,(H,27,31)/t17-/m1/s1. The van der Waals surface area contributed by atoms with Crippen LogP contribution in [0.1, 0.15) is 24.8 Å². The highest BCUT2D eigenvalue weighted by molar-refractivity contribution is 6.31. The molecule has 0 saturated carbocycles. The molecule has 6 nitrogen and oxygen atoms in total. The van der Waals surface area contributed by atoms with Gasteiger partial charge in [0.2, 0.25) is 17.7 Å². The van der Waals surface area contributed by atoms with Crippen LogP contribution in [-0.4, -0.2) is 42.3 Å². The number of nitrogens with zero attached hydrogens (tertiary/aromatic N) is 2. The van der Waals surface area contributed by atoms with Crippen molar-refractivity contribution in [1.29, 1.82) is 0 Å². The fourth-order valence-corrected chi connectivity index (χ4v) is 4.47. The molecule has 1 N–H and O–H groups in total. The number of anilines is 2. The minimum atomic E-state index is -0.539. The van der Waals surface area contributed by atoms with Gasteiger partial charge in [0.25, 0.3) is 0 Å². The molecule has 0 unspecified atom stereocenters. The minimum absolute atomic E-state index is 0.0304. The Balaban J connectivity index is 1.30. The monoisotopic (exact) mass is 457 g/mol. The summed E-state index contributed by atoms with van der Waals surface area (Å²) in [6.45, 7) is 3.31. The molecule has 2 aliphatic rings. The summed E-state index contributed by atoms with van der Waals surface area (Å²) >= 11 is 5.77. The van der Waals surface area contributed by atoms with Crippen molar-refractivity contribution < 1.29 is 18.8 Å². The molecule has 0 bridgehead atoms. The number of likely N-dealkylation sites (tertiary alicyclic amines) is 1. The fourth-order valence-electron chi connectivity index (χ4n) is 4.29. The molecule has 0 aromatic heterocycles. The fraction of sp³-hybridized carbons (Fsp3) is 0.375. The second kappa shape index (κ2) is 9.28. The van der Waals surface area contributed by atoms with Crippen molar-refractivity contribution in [2.24, 2.45) is 11.8 Å². The van der Waals surface area contributed by atoms with E-state index in [9.17, 15) is 18.8 Å². The first-order valence-corrected chi connectivity index (χ1v) is 11.1. The van der Waals surface area contributed by atoms with Gasteiger partial charge in [-0.1, -0.05) is 29.3 Å². The lowest BCUT2D eigenvalue weighted by Crippen LogP contribution is -2.44. The van der Waals surface area contributed by atoms with Crippen LogP contribution < -0.4 is 10.2 Å². The Morgan fingerprint density at radius 2 is 1.75 bits per heavy atom. The maximum Gasteiger partial charge on any atom is 0.228 e. The molecule has 32 heavy (non-hydrogen) atoms. The van der Waals surface area contributed by atoms with Crippen LogP contribution in [0.4, 0.5) is 15.8 Å². The summed E-state index contributed by atoms with van der Waals surface area (Å²) in [6, 6.07) is 11.8. The number of hydrogen-bond donors (Lipinski definition) is 1. The zero-order valence-corrected chi connectivity index (χ0v) is 18.6. The van der Waals surface area contributed by atoms with E-state index in [4.69, 9.17) is 11.6 Å². The first-order valence-electron chi connectivity index (χ1n) is 10.7. The third-order valence-corrected chi connectivity index (χ3v) is 6.47. The normalized spacial score (nSPS) is 19.3. The van der Waals surface area contributed by atoms with Gasteiger partial charge in [-0.25, -0.2) is 4.39 Å². The third-order valence-electron chi connectivity index (χ3n) is 6.18. The van der Waals surface area contributed by atoms with E-state index in [1.54, 1.807) is 9.80 Å². The van der Waals surface area contributed by atoms with Crippen LogP contribution in [0.25, 0.3) is 0 Å². The SMILES string of the molecule is Cc1ccc(N2C[C@H](C(=O)N3CCC(C(=O)Nc4ccc(F)c(Cl)c4)CC3)CC2=O)cc1. The molecule has 2 aliphatic heterocycles.